The van der Waals surface area contributed by atoms with Crippen molar-refractivity contribution < 1.29 is 8.81 Å². The predicted molar refractivity (Wildman–Crippen MR) is 101 cm³/mol. The molecule has 4 nitrogen and oxygen atoms in total. The highest BCUT2D eigenvalue weighted by atomic mass is 19.1. The van der Waals surface area contributed by atoms with Crippen molar-refractivity contribution in [1.82, 2.24) is 15.5 Å². The van der Waals surface area contributed by atoms with Gasteiger partial charge < -0.3 is 4.42 Å². The van der Waals surface area contributed by atoms with Gasteiger partial charge in [-0.15, -0.1) is 10.2 Å². The van der Waals surface area contributed by atoms with E-state index in [4.69, 9.17) is 4.42 Å². The maximum atomic E-state index is 13.1. The van der Waals surface area contributed by atoms with E-state index in [2.05, 4.69) is 39.8 Å². The second-order valence-electron chi connectivity index (χ2n) is 6.14. The normalized spacial score (nSPS) is 11.0. The van der Waals surface area contributed by atoms with Crippen molar-refractivity contribution >= 4 is 0 Å². The van der Waals surface area contributed by atoms with Crippen LogP contribution in [0.15, 0.2) is 89.3 Å². The molecule has 4 rings (SSSR count). The van der Waals surface area contributed by atoms with E-state index in [1.807, 2.05) is 36.4 Å². The molecule has 134 valence electrons. The van der Waals surface area contributed by atoms with Crippen molar-refractivity contribution in [2.24, 2.45) is 0 Å². The van der Waals surface area contributed by atoms with Gasteiger partial charge >= 0.3 is 0 Å². The third kappa shape index (κ3) is 4.10. The fourth-order valence-corrected chi connectivity index (χ4v) is 2.94. The number of benzene rings is 3. The summed E-state index contributed by atoms with van der Waals surface area (Å²) in [4.78, 5) is 0. The summed E-state index contributed by atoms with van der Waals surface area (Å²) in [5, 5.41) is 11.6. The van der Waals surface area contributed by atoms with Crippen molar-refractivity contribution in [1.29, 1.82) is 0 Å². The van der Waals surface area contributed by atoms with Gasteiger partial charge in [0.05, 0.1) is 12.6 Å². The number of rotatable bonds is 6. The Morgan fingerprint density at radius 3 is 1.96 bits per heavy atom. The highest BCUT2D eigenvalue weighted by Gasteiger charge is 2.15. The molecule has 0 saturated carbocycles. The Labute approximate surface area is 156 Å². The molecule has 0 saturated heterocycles. The molecular formula is C22H18FN3O. The first-order valence-corrected chi connectivity index (χ1v) is 8.71. The summed E-state index contributed by atoms with van der Waals surface area (Å²) < 4.78 is 18.8. The molecule has 1 N–H and O–H groups in total. The first-order valence-electron chi connectivity index (χ1n) is 8.71. The minimum atomic E-state index is -0.297. The molecule has 3 aromatic carbocycles. The molecule has 0 bridgehead atoms. The molecule has 1 aromatic heterocycles. The summed E-state index contributed by atoms with van der Waals surface area (Å²) in [7, 11) is 0. The molecule has 0 amide bonds. The second-order valence-corrected chi connectivity index (χ2v) is 6.14. The van der Waals surface area contributed by atoms with Gasteiger partial charge in [0.15, 0.2) is 0 Å². The van der Waals surface area contributed by atoms with Crippen LogP contribution >= 0.6 is 0 Å². The molecule has 0 atom stereocenters. The van der Waals surface area contributed by atoms with E-state index in [0.29, 0.717) is 23.9 Å². The lowest BCUT2D eigenvalue weighted by Crippen LogP contribution is -2.22. The third-order valence-electron chi connectivity index (χ3n) is 4.28. The molecule has 4 aromatic rings. The van der Waals surface area contributed by atoms with Gasteiger partial charge in [-0.05, 0) is 35.4 Å². The first kappa shape index (κ1) is 17.1. The summed E-state index contributed by atoms with van der Waals surface area (Å²) >= 11 is 0. The lowest BCUT2D eigenvalue weighted by molar-refractivity contribution is 0.462. The Kier molecular flexibility index (Phi) is 5.03. The number of aromatic nitrogens is 2. The largest absolute Gasteiger partial charge is 0.419 e. The fourth-order valence-electron chi connectivity index (χ4n) is 2.94. The zero-order valence-corrected chi connectivity index (χ0v) is 14.5. The van der Waals surface area contributed by atoms with Gasteiger partial charge in [0.2, 0.25) is 11.8 Å². The van der Waals surface area contributed by atoms with Crippen LogP contribution in [0.4, 0.5) is 4.39 Å². The number of nitrogens with one attached hydrogen (secondary N) is 1. The zero-order valence-electron chi connectivity index (χ0n) is 14.5. The van der Waals surface area contributed by atoms with E-state index >= 15 is 0 Å². The number of nitrogens with zero attached hydrogens (tertiary/aromatic N) is 2. The van der Waals surface area contributed by atoms with Crippen LogP contribution in [-0.4, -0.2) is 10.2 Å². The van der Waals surface area contributed by atoms with Crippen LogP contribution in [0.2, 0.25) is 0 Å². The molecule has 0 radical (unpaired) electrons. The Hall–Kier alpha value is -3.31. The van der Waals surface area contributed by atoms with E-state index in [-0.39, 0.29) is 11.9 Å². The summed E-state index contributed by atoms with van der Waals surface area (Å²) in [6.07, 6.45) is 0. The Balaban J connectivity index is 1.52. The van der Waals surface area contributed by atoms with Gasteiger partial charge in [-0.2, -0.15) is 0 Å². The minimum Gasteiger partial charge on any atom is -0.419 e. The zero-order chi connectivity index (χ0) is 18.5. The topological polar surface area (TPSA) is 51.0 Å². The molecule has 1 heterocycles. The van der Waals surface area contributed by atoms with E-state index in [1.165, 1.54) is 12.1 Å². The maximum Gasteiger partial charge on any atom is 0.247 e. The van der Waals surface area contributed by atoms with Crippen LogP contribution in [0, 0.1) is 5.82 Å². The Bertz CT molecular complexity index is 946. The molecule has 27 heavy (non-hydrogen) atoms. The lowest BCUT2D eigenvalue weighted by atomic mass is 9.99. The molecule has 0 unspecified atom stereocenters. The Morgan fingerprint density at radius 1 is 0.778 bits per heavy atom. The Morgan fingerprint density at radius 2 is 1.37 bits per heavy atom. The van der Waals surface area contributed by atoms with Crippen LogP contribution in [-0.2, 0) is 6.54 Å². The van der Waals surface area contributed by atoms with Gasteiger partial charge in [-0.3, -0.25) is 5.32 Å². The summed E-state index contributed by atoms with van der Waals surface area (Å²) in [5.74, 6) is 0.558. The quantitative estimate of drug-likeness (QED) is 0.539. The summed E-state index contributed by atoms with van der Waals surface area (Å²) in [5.41, 5.74) is 3.00. The van der Waals surface area contributed by atoms with Gasteiger partial charge in [-0.1, -0.05) is 60.7 Å². The maximum absolute atomic E-state index is 13.1. The average Bonchev–Trinajstić information content (AvgIpc) is 3.19. The van der Waals surface area contributed by atoms with E-state index in [1.54, 1.807) is 12.1 Å². The van der Waals surface area contributed by atoms with E-state index in [9.17, 15) is 4.39 Å². The van der Waals surface area contributed by atoms with Crippen LogP contribution in [0.5, 0.6) is 0 Å². The number of hydrogen-bond acceptors (Lipinski definition) is 4. The molecule has 0 aliphatic carbocycles. The van der Waals surface area contributed by atoms with Crippen LogP contribution in [0.1, 0.15) is 23.1 Å². The number of hydrogen-bond donors (Lipinski definition) is 1. The molecule has 0 aliphatic heterocycles. The highest BCUT2D eigenvalue weighted by Crippen LogP contribution is 2.23. The average molecular weight is 359 g/mol. The van der Waals surface area contributed by atoms with Crippen LogP contribution in [0.3, 0.4) is 0 Å². The predicted octanol–water partition coefficient (Wildman–Crippen LogP) is 4.75. The van der Waals surface area contributed by atoms with Crippen LogP contribution < -0.4 is 5.32 Å². The molecule has 0 fully saturated rings. The molecule has 0 spiro atoms. The lowest BCUT2D eigenvalue weighted by Gasteiger charge is -2.18. The first-order chi connectivity index (χ1) is 13.3. The van der Waals surface area contributed by atoms with Crippen molar-refractivity contribution in [2.45, 2.75) is 12.6 Å². The van der Waals surface area contributed by atoms with Crippen molar-refractivity contribution in [3.05, 3.63) is 108 Å². The standard InChI is InChI=1S/C22H18FN3O/c23-19-13-11-18(12-14-19)22-26-25-20(27-22)15-24-21(16-7-3-1-4-8-16)17-9-5-2-6-10-17/h1-14,21,24H,15H2. The van der Waals surface area contributed by atoms with Crippen molar-refractivity contribution in [2.75, 3.05) is 0 Å². The smallest absolute Gasteiger partial charge is 0.247 e. The van der Waals surface area contributed by atoms with E-state index in [0.717, 1.165) is 11.1 Å². The third-order valence-corrected chi connectivity index (χ3v) is 4.28. The molecule has 0 aliphatic rings. The van der Waals surface area contributed by atoms with Crippen molar-refractivity contribution in [3.8, 4) is 11.5 Å². The van der Waals surface area contributed by atoms with Gasteiger partial charge in [0.1, 0.15) is 5.82 Å². The SMILES string of the molecule is Fc1ccc(-c2nnc(CNC(c3ccccc3)c3ccccc3)o2)cc1. The molecule has 5 heteroatoms. The van der Waals surface area contributed by atoms with Gasteiger partial charge in [0.25, 0.3) is 0 Å². The minimum absolute atomic E-state index is 0.00794. The highest BCUT2D eigenvalue weighted by molar-refractivity contribution is 5.51. The van der Waals surface area contributed by atoms with E-state index < -0.39 is 0 Å². The monoisotopic (exact) mass is 359 g/mol. The van der Waals surface area contributed by atoms with Gasteiger partial charge in [0, 0.05) is 5.56 Å². The van der Waals surface area contributed by atoms with Crippen LogP contribution in [0.25, 0.3) is 11.5 Å². The van der Waals surface area contributed by atoms with Crippen molar-refractivity contribution in [3.63, 3.8) is 0 Å². The number of halogens is 1. The second kappa shape index (κ2) is 7.93. The molecular weight excluding hydrogens is 341 g/mol. The fraction of sp³-hybridized carbons (Fsp3) is 0.0909. The summed E-state index contributed by atoms with van der Waals surface area (Å²) in [6, 6.07) is 26.4. The van der Waals surface area contributed by atoms with Gasteiger partial charge in [-0.25, -0.2) is 4.39 Å². The summed E-state index contributed by atoms with van der Waals surface area (Å²) in [6.45, 7) is 0.419.